The van der Waals surface area contributed by atoms with Gasteiger partial charge in [0, 0.05) is 26.8 Å². The molecule has 0 aliphatic carbocycles. The van der Waals surface area contributed by atoms with Crippen LogP contribution in [0.3, 0.4) is 0 Å². The molecule has 2 atom stereocenters. The molecule has 16 heavy (non-hydrogen) atoms. The van der Waals surface area contributed by atoms with Gasteiger partial charge in [0.25, 0.3) is 0 Å². The fraction of sp³-hybridized carbons (Fsp3) is 0.500. The molecule has 0 bridgehead atoms. The summed E-state index contributed by atoms with van der Waals surface area (Å²) in [5, 5.41) is 0.776. The average Bonchev–Trinajstić information content (AvgIpc) is 2.20. The minimum atomic E-state index is -0.888. The van der Waals surface area contributed by atoms with E-state index in [4.69, 9.17) is 17.3 Å². The van der Waals surface area contributed by atoms with Crippen molar-refractivity contribution < 1.29 is 4.21 Å². The lowest BCUT2D eigenvalue weighted by atomic mass is 10.2. The lowest BCUT2D eigenvalue weighted by molar-refractivity contribution is 0.605. The van der Waals surface area contributed by atoms with Crippen LogP contribution in [0.5, 0.6) is 0 Å². The van der Waals surface area contributed by atoms with E-state index in [1.807, 2.05) is 13.0 Å². The summed E-state index contributed by atoms with van der Waals surface area (Å²) in [7, 11) is -0.888. The molecule has 1 aromatic carbocycles. The summed E-state index contributed by atoms with van der Waals surface area (Å²) in [6.07, 6.45) is 0. The molecule has 0 heterocycles. The van der Waals surface area contributed by atoms with Gasteiger partial charge in [-0.25, -0.2) is 0 Å². The van der Waals surface area contributed by atoms with E-state index in [9.17, 15) is 4.21 Å². The van der Waals surface area contributed by atoms with Crippen LogP contribution in [0, 0.1) is 5.92 Å². The van der Waals surface area contributed by atoms with Crippen molar-refractivity contribution in [3.8, 4) is 0 Å². The Balaban J connectivity index is 2.77. The van der Waals surface area contributed by atoms with Gasteiger partial charge in [-0.15, -0.1) is 0 Å². The first-order valence-electron chi connectivity index (χ1n) is 5.33. The van der Waals surface area contributed by atoms with Crippen LogP contribution < -0.4 is 5.73 Å². The summed E-state index contributed by atoms with van der Waals surface area (Å²) in [5.74, 6) is 0.909. The lowest BCUT2D eigenvalue weighted by Crippen LogP contribution is -2.19. The molecule has 1 aromatic rings. The van der Waals surface area contributed by atoms with Crippen molar-refractivity contribution in [2.45, 2.75) is 31.8 Å². The zero-order chi connectivity index (χ0) is 12.3. The molecule has 0 saturated carbocycles. The third-order valence-electron chi connectivity index (χ3n) is 2.73. The molecule has 1 rings (SSSR count). The molecule has 2 unspecified atom stereocenters. The Labute approximate surface area is 105 Å². The first kappa shape index (κ1) is 13.5. The molecule has 4 heteroatoms. The molecule has 2 nitrogen and oxygen atoms in total. The molecule has 0 spiro atoms. The number of nitrogen functional groups attached to an aromatic ring is 1. The van der Waals surface area contributed by atoms with Gasteiger partial charge in [0.1, 0.15) is 0 Å². The molecule has 0 radical (unpaired) electrons. The maximum Gasteiger partial charge on any atom is 0.0503 e. The zero-order valence-electron chi connectivity index (χ0n) is 9.87. The Morgan fingerprint density at radius 1 is 1.38 bits per heavy atom. The number of benzene rings is 1. The Hall–Kier alpha value is -0.540. The van der Waals surface area contributed by atoms with Crippen LogP contribution in [-0.2, 0) is 16.6 Å². The standard InChI is InChI=1S/C12H18ClNOS/c1-8(2)9(3)16(15)7-10-4-5-11(14)6-12(10)13/h4-6,8-9H,7,14H2,1-3H3. The van der Waals surface area contributed by atoms with E-state index < -0.39 is 10.8 Å². The maximum atomic E-state index is 12.0. The molecule has 0 fully saturated rings. The zero-order valence-corrected chi connectivity index (χ0v) is 11.4. The van der Waals surface area contributed by atoms with Gasteiger partial charge in [-0.05, 0) is 23.6 Å². The van der Waals surface area contributed by atoms with Gasteiger partial charge >= 0.3 is 0 Å². The first-order valence-corrected chi connectivity index (χ1v) is 7.09. The molecule has 0 amide bonds. The van der Waals surface area contributed by atoms with Crippen molar-refractivity contribution in [1.29, 1.82) is 0 Å². The van der Waals surface area contributed by atoms with Crippen molar-refractivity contribution in [2.24, 2.45) is 5.92 Å². The predicted octanol–water partition coefficient (Wildman–Crippen LogP) is 3.22. The SMILES string of the molecule is CC(C)C(C)S(=O)Cc1ccc(N)cc1Cl. The number of rotatable bonds is 4. The summed E-state index contributed by atoms with van der Waals surface area (Å²) in [4.78, 5) is 0. The minimum absolute atomic E-state index is 0.175. The fourth-order valence-electron chi connectivity index (χ4n) is 1.27. The molecular weight excluding hydrogens is 242 g/mol. The minimum Gasteiger partial charge on any atom is -0.399 e. The molecule has 2 N–H and O–H groups in total. The van der Waals surface area contributed by atoms with Gasteiger partial charge in [0.05, 0.1) is 5.75 Å². The Morgan fingerprint density at radius 3 is 2.50 bits per heavy atom. The normalized spacial score (nSPS) is 15.1. The van der Waals surface area contributed by atoms with Crippen LogP contribution >= 0.6 is 11.6 Å². The number of halogens is 1. The summed E-state index contributed by atoms with van der Waals surface area (Å²) in [6.45, 7) is 6.16. The Morgan fingerprint density at radius 2 is 2.00 bits per heavy atom. The third-order valence-corrected chi connectivity index (χ3v) is 5.05. The molecule has 0 aromatic heterocycles. The van der Waals surface area contributed by atoms with Gasteiger partial charge in [0.15, 0.2) is 0 Å². The molecular formula is C12H18ClNOS. The van der Waals surface area contributed by atoms with E-state index in [0.29, 0.717) is 22.4 Å². The lowest BCUT2D eigenvalue weighted by Gasteiger charge is -2.15. The fourth-order valence-corrected chi connectivity index (χ4v) is 3.03. The number of nitrogens with two attached hydrogens (primary N) is 1. The highest BCUT2D eigenvalue weighted by molar-refractivity contribution is 7.84. The summed E-state index contributed by atoms with van der Waals surface area (Å²) < 4.78 is 12.0. The van der Waals surface area contributed by atoms with Gasteiger partial charge in [-0.3, -0.25) is 4.21 Å². The van der Waals surface area contributed by atoms with Crippen LogP contribution in [0.15, 0.2) is 18.2 Å². The molecule has 0 aliphatic heterocycles. The van der Waals surface area contributed by atoms with Crippen molar-refractivity contribution in [2.75, 3.05) is 5.73 Å². The maximum absolute atomic E-state index is 12.0. The van der Waals surface area contributed by atoms with E-state index in [1.165, 1.54) is 0 Å². The van der Waals surface area contributed by atoms with Crippen molar-refractivity contribution in [3.63, 3.8) is 0 Å². The van der Waals surface area contributed by atoms with E-state index in [1.54, 1.807) is 12.1 Å². The predicted molar refractivity (Wildman–Crippen MR) is 72.0 cm³/mol. The van der Waals surface area contributed by atoms with E-state index >= 15 is 0 Å². The molecule has 0 aliphatic rings. The van der Waals surface area contributed by atoms with Crippen LogP contribution in [0.4, 0.5) is 5.69 Å². The van der Waals surface area contributed by atoms with E-state index in [2.05, 4.69) is 13.8 Å². The topological polar surface area (TPSA) is 43.1 Å². The quantitative estimate of drug-likeness (QED) is 0.844. The summed E-state index contributed by atoms with van der Waals surface area (Å²) in [6, 6.07) is 5.34. The second-order valence-corrected chi connectivity index (χ2v) is 6.53. The van der Waals surface area contributed by atoms with Gasteiger partial charge < -0.3 is 5.73 Å². The van der Waals surface area contributed by atoms with Crippen molar-refractivity contribution in [1.82, 2.24) is 0 Å². The average molecular weight is 260 g/mol. The van der Waals surface area contributed by atoms with Gasteiger partial charge in [-0.1, -0.05) is 38.4 Å². The molecule has 0 saturated heterocycles. The summed E-state index contributed by atoms with van der Waals surface area (Å²) in [5.41, 5.74) is 7.15. The Kier molecular flexibility index (Phi) is 4.81. The molecule has 90 valence electrons. The van der Waals surface area contributed by atoms with E-state index in [-0.39, 0.29) is 5.25 Å². The number of hydrogen-bond donors (Lipinski definition) is 1. The Bertz CT molecular complexity index is 393. The van der Waals surface area contributed by atoms with Crippen molar-refractivity contribution in [3.05, 3.63) is 28.8 Å². The highest BCUT2D eigenvalue weighted by Crippen LogP contribution is 2.22. The van der Waals surface area contributed by atoms with E-state index in [0.717, 1.165) is 5.56 Å². The highest BCUT2D eigenvalue weighted by Gasteiger charge is 2.16. The van der Waals surface area contributed by atoms with Crippen LogP contribution in [0.2, 0.25) is 5.02 Å². The smallest absolute Gasteiger partial charge is 0.0503 e. The van der Waals surface area contributed by atoms with Crippen LogP contribution in [0.1, 0.15) is 26.3 Å². The number of hydrogen-bond acceptors (Lipinski definition) is 2. The van der Waals surface area contributed by atoms with Gasteiger partial charge in [0.2, 0.25) is 0 Å². The second kappa shape index (κ2) is 5.69. The highest BCUT2D eigenvalue weighted by atomic mass is 35.5. The van der Waals surface area contributed by atoms with Gasteiger partial charge in [-0.2, -0.15) is 0 Å². The number of anilines is 1. The monoisotopic (exact) mass is 259 g/mol. The van der Waals surface area contributed by atoms with Crippen LogP contribution in [0.25, 0.3) is 0 Å². The van der Waals surface area contributed by atoms with Crippen LogP contribution in [-0.4, -0.2) is 9.46 Å². The second-order valence-electron chi connectivity index (χ2n) is 4.33. The largest absolute Gasteiger partial charge is 0.399 e. The summed E-state index contributed by atoms with van der Waals surface area (Å²) >= 11 is 6.04. The van der Waals surface area contributed by atoms with Crippen molar-refractivity contribution >= 4 is 28.1 Å². The third kappa shape index (κ3) is 3.49. The first-order chi connectivity index (χ1) is 7.41.